The maximum atomic E-state index is 12.1. The molecule has 1 amide bonds. The van der Waals surface area contributed by atoms with E-state index < -0.39 is 0 Å². The highest BCUT2D eigenvalue weighted by Crippen LogP contribution is 2.14. The number of rotatable bonds is 4. The van der Waals surface area contributed by atoms with E-state index in [1.54, 1.807) is 0 Å². The molecule has 21 heavy (non-hydrogen) atoms. The molecule has 2 heterocycles. The summed E-state index contributed by atoms with van der Waals surface area (Å²) in [6.45, 7) is 3.42. The molecule has 114 valence electrons. The molecule has 0 radical (unpaired) electrons. The van der Waals surface area contributed by atoms with Crippen LogP contribution in [-0.4, -0.2) is 49.4 Å². The molecule has 1 aromatic carbocycles. The van der Waals surface area contributed by atoms with Crippen LogP contribution in [0, 0.1) is 0 Å². The summed E-state index contributed by atoms with van der Waals surface area (Å²) in [5.41, 5.74) is 1.02. The van der Waals surface area contributed by atoms with Crippen molar-refractivity contribution in [1.29, 1.82) is 0 Å². The van der Waals surface area contributed by atoms with Crippen molar-refractivity contribution >= 4 is 6.09 Å². The SMILES string of the molecule is O=C(OCc1ccccc1)N1CCC[C@@H](NC2COC2)C1. The van der Waals surface area contributed by atoms with Gasteiger partial charge in [-0.05, 0) is 18.4 Å². The van der Waals surface area contributed by atoms with Crippen molar-refractivity contribution in [2.75, 3.05) is 26.3 Å². The van der Waals surface area contributed by atoms with E-state index in [9.17, 15) is 4.79 Å². The van der Waals surface area contributed by atoms with E-state index in [1.165, 1.54) is 0 Å². The summed E-state index contributed by atoms with van der Waals surface area (Å²) in [6, 6.07) is 10.6. The molecule has 2 aliphatic rings. The number of hydrogen-bond acceptors (Lipinski definition) is 4. The zero-order valence-electron chi connectivity index (χ0n) is 12.2. The van der Waals surface area contributed by atoms with Gasteiger partial charge in [-0.25, -0.2) is 4.79 Å². The first-order chi connectivity index (χ1) is 10.3. The minimum absolute atomic E-state index is 0.213. The first-order valence-electron chi connectivity index (χ1n) is 7.60. The Morgan fingerprint density at radius 3 is 2.81 bits per heavy atom. The third-order valence-corrected chi connectivity index (χ3v) is 3.99. The molecular formula is C16H22N2O3. The van der Waals surface area contributed by atoms with Gasteiger partial charge in [0.25, 0.3) is 0 Å². The zero-order chi connectivity index (χ0) is 14.5. The highest BCUT2D eigenvalue weighted by molar-refractivity contribution is 5.67. The lowest BCUT2D eigenvalue weighted by atomic mass is 10.0. The van der Waals surface area contributed by atoms with E-state index in [0.717, 1.165) is 44.7 Å². The molecule has 0 aromatic heterocycles. The number of nitrogens with zero attached hydrogens (tertiary/aromatic N) is 1. The molecule has 0 bridgehead atoms. The quantitative estimate of drug-likeness (QED) is 0.918. The van der Waals surface area contributed by atoms with E-state index in [0.29, 0.717) is 18.7 Å². The minimum Gasteiger partial charge on any atom is -0.445 e. The highest BCUT2D eigenvalue weighted by atomic mass is 16.6. The maximum Gasteiger partial charge on any atom is 0.410 e. The summed E-state index contributed by atoms with van der Waals surface area (Å²) in [5.74, 6) is 0. The topological polar surface area (TPSA) is 50.8 Å². The summed E-state index contributed by atoms with van der Waals surface area (Å²) < 4.78 is 10.6. The van der Waals surface area contributed by atoms with Crippen molar-refractivity contribution in [3.63, 3.8) is 0 Å². The Morgan fingerprint density at radius 2 is 2.10 bits per heavy atom. The second-order valence-corrected chi connectivity index (χ2v) is 5.73. The Hall–Kier alpha value is -1.59. The number of amides is 1. The summed E-state index contributed by atoms with van der Waals surface area (Å²) in [7, 11) is 0. The summed E-state index contributed by atoms with van der Waals surface area (Å²) >= 11 is 0. The number of piperidine rings is 1. The van der Waals surface area contributed by atoms with Gasteiger partial charge in [-0.2, -0.15) is 0 Å². The Kier molecular flexibility index (Phi) is 4.72. The van der Waals surface area contributed by atoms with Crippen molar-refractivity contribution in [3.8, 4) is 0 Å². The predicted molar refractivity (Wildman–Crippen MR) is 79.0 cm³/mol. The second-order valence-electron chi connectivity index (χ2n) is 5.73. The third kappa shape index (κ3) is 3.95. The average Bonchev–Trinajstić information content (AvgIpc) is 2.50. The largest absolute Gasteiger partial charge is 0.445 e. The summed E-state index contributed by atoms with van der Waals surface area (Å²) in [5, 5.41) is 3.54. The van der Waals surface area contributed by atoms with Gasteiger partial charge in [0, 0.05) is 19.1 Å². The van der Waals surface area contributed by atoms with Crippen LogP contribution in [-0.2, 0) is 16.1 Å². The van der Waals surface area contributed by atoms with E-state index in [4.69, 9.17) is 9.47 Å². The number of carbonyl (C=O) groups excluding carboxylic acids is 1. The predicted octanol–water partition coefficient (Wildman–Crippen LogP) is 1.78. The lowest BCUT2D eigenvalue weighted by Gasteiger charge is -2.37. The number of likely N-dealkylation sites (tertiary alicyclic amines) is 1. The molecule has 1 aromatic rings. The molecule has 0 saturated carbocycles. The van der Waals surface area contributed by atoms with Gasteiger partial charge < -0.3 is 19.7 Å². The molecule has 2 fully saturated rings. The lowest BCUT2D eigenvalue weighted by Crippen LogP contribution is -2.56. The lowest BCUT2D eigenvalue weighted by molar-refractivity contribution is -0.0145. The molecule has 2 saturated heterocycles. The van der Waals surface area contributed by atoms with Crippen molar-refractivity contribution in [1.82, 2.24) is 10.2 Å². The van der Waals surface area contributed by atoms with Crippen LogP contribution >= 0.6 is 0 Å². The second kappa shape index (κ2) is 6.91. The summed E-state index contributed by atoms with van der Waals surface area (Å²) in [6.07, 6.45) is 1.92. The number of nitrogens with one attached hydrogen (secondary N) is 1. The van der Waals surface area contributed by atoms with E-state index in [-0.39, 0.29) is 6.09 Å². The Labute approximate surface area is 125 Å². The van der Waals surface area contributed by atoms with Gasteiger partial charge in [0.1, 0.15) is 6.61 Å². The van der Waals surface area contributed by atoms with Gasteiger partial charge in [0.15, 0.2) is 0 Å². The molecule has 2 aliphatic heterocycles. The van der Waals surface area contributed by atoms with Gasteiger partial charge in [0.05, 0.1) is 19.3 Å². The average molecular weight is 290 g/mol. The van der Waals surface area contributed by atoms with Gasteiger partial charge in [-0.3, -0.25) is 0 Å². The standard InChI is InChI=1S/C16H22N2O3/c19-16(21-10-13-5-2-1-3-6-13)18-8-4-7-14(9-18)17-15-11-20-12-15/h1-3,5-6,14-15,17H,4,7-12H2/t14-/m1/s1. The van der Waals surface area contributed by atoms with Crippen LogP contribution in [0.5, 0.6) is 0 Å². The monoisotopic (exact) mass is 290 g/mol. The van der Waals surface area contributed by atoms with Gasteiger partial charge in [-0.1, -0.05) is 30.3 Å². The number of ether oxygens (including phenoxy) is 2. The first-order valence-corrected chi connectivity index (χ1v) is 7.60. The molecule has 1 atom stereocenters. The summed E-state index contributed by atoms with van der Waals surface area (Å²) in [4.78, 5) is 13.9. The molecular weight excluding hydrogens is 268 g/mol. The molecule has 0 spiro atoms. The zero-order valence-corrected chi connectivity index (χ0v) is 12.2. The molecule has 1 N–H and O–H groups in total. The van der Waals surface area contributed by atoms with Crippen LogP contribution in [0.1, 0.15) is 18.4 Å². The Bertz CT molecular complexity index is 462. The smallest absolute Gasteiger partial charge is 0.410 e. The molecule has 3 rings (SSSR count). The minimum atomic E-state index is -0.213. The van der Waals surface area contributed by atoms with E-state index >= 15 is 0 Å². The van der Waals surface area contributed by atoms with Gasteiger partial charge in [-0.15, -0.1) is 0 Å². The molecule has 0 aliphatic carbocycles. The Balaban J connectivity index is 1.45. The van der Waals surface area contributed by atoms with Crippen molar-refractivity contribution in [3.05, 3.63) is 35.9 Å². The van der Waals surface area contributed by atoms with Crippen LogP contribution in [0.25, 0.3) is 0 Å². The van der Waals surface area contributed by atoms with Gasteiger partial charge >= 0.3 is 6.09 Å². The van der Waals surface area contributed by atoms with Crippen LogP contribution in [0.15, 0.2) is 30.3 Å². The maximum absolute atomic E-state index is 12.1. The number of hydrogen-bond donors (Lipinski definition) is 1. The third-order valence-electron chi connectivity index (χ3n) is 3.99. The van der Waals surface area contributed by atoms with E-state index in [2.05, 4.69) is 5.32 Å². The van der Waals surface area contributed by atoms with Crippen LogP contribution in [0.3, 0.4) is 0 Å². The molecule has 5 heteroatoms. The van der Waals surface area contributed by atoms with Crippen LogP contribution in [0.4, 0.5) is 4.79 Å². The first kappa shape index (κ1) is 14.4. The normalized spacial score (nSPS) is 22.7. The fourth-order valence-corrected chi connectivity index (χ4v) is 2.75. The highest BCUT2D eigenvalue weighted by Gasteiger charge is 2.28. The fourth-order valence-electron chi connectivity index (χ4n) is 2.75. The van der Waals surface area contributed by atoms with Crippen molar-refractivity contribution in [2.45, 2.75) is 31.5 Å². The number of benzene rings is 1. The Morgan fingerprint density at radius 1 is 1.29 bits per heavy atom. The molecule has 5 nitrogen and oxygen atoms in total. The van der Waals surface area contributed by atoms with Gasteiger partial charge in [0.2, 0.25) is 0 Å². The van der Waals surface area contributed by atoms with Crippen LogP contribution < -0.4 is 5.32 Å². The van der Waals surface area contributed by atoms with Crippen LogP contribution in [0.2, 0.25) is 0 Å². The fraction of sp³-hybridized carbons (Fsp3) is 0.562. The molecule has 0 unspecified atom stereocenters. The van der Waals surface area contributed by atoms with Crippen molar-refractivity contribution < 1.29 is 14.3 Å². The van der Waals surface area contributed by atoms with E-state index in [1.807, 2.05) is 35.2 Å². The number of carbonyl (C=O) groups is 1. The van der Waals surface area contributed by atoms with Crippen molar-refractivity contribution in [2.24, 2.45) is 0 Å².